The lowest BCUT2D eigenvalue weighted by Crippen LogP contribution is -2.38. The van der Waals surface area contributed by atoms with Gasteiger partial charge < -0.3 is 9.32 Å². The molecule has 0 saturated carbocycles. The van der Waals surface area contributed by atoms with Gasteiger partial charge in [0.15, 0.2) is 10.9 Å². The lowest BCUT2D eigenvalue weighted by atomic mass is 9.99. The molecule has 128 valence electrons. The number of allylic oxidation sites excluding steroid dienone is 1. The van der Waals surface area contributed by atoms with Crippen molar-refractivity contribution >= 4 is 17.7 Å². The molecule has 0 aliphatic carbocycles. The van der Waals surface area contributed by atoms with E-state index in [4.69, 9.17) is 4.42 Å². The molecule has 0 unspecified atom stereocenters. The number of carbonyl (C=O) groups excluding carboxylic acids is 1. The molecule has 1 fully saturated rings. The number of carbonyl (C=O) groups is 1. The number of aromatic nitrogens is 3. The number of piperidine rings is 1. The number of rotatable bonds is 6. The number of hydrogen-bond acceptors (Lipinski definition) is 5. The molecule has 1 aliphatic heterocycles. The third-order valence-electron chi connectivity index (χ3n) is 4.23. The summed E-state index contributed by atoms with van der Waals surface area (Å²) in [5.74, 6) is 2.57. The van der Waals surface area contributed by atoms with Crippen molar-refractivity contribution in [2.75, 3.05) is 18.8 Å². The SMILES string of the molecule is C=CCn1c(SCC(=O)N2CCC(C)CC2)nnc1-c1ccco1. The Balaban J connectivity index is 1.66. The standard InChI is InChI=1S/C17H22N4O2S/c1-3-8-21-16(14-5-4-11-23-14)18-19-17(21)24-12-15(22)20-9-6-13(2)7-10-20/h3-5,11,13H,1,6-10,12H2,2H3. The van der Waals surface area contributed by atoms with Crippen LogP contribution in [0.15, 0.2) is 40.6 Å². The molecule has 1 saturated heterocycles. The molecule has 1 aliphatic rings. The predicted octanol–water partition coefficient (Wildman–Crippen LogP) is 3.07. The lowest BCUT2D eigenvalue weighted by molar-refractivity contribution is -0.129. The van der Waals surface area contributed by atoms with Gasteiger partial charge in [0.2, 0.25) is 11.7 Å². The van der Waals surface area contributed by atoms with E-state index in [1.165, 1.54) is 11.8 Å². The van der Waals surface area contributed by atoms with Crippen LogP contribution in [0.2, 0.25) is 0 Å². The first-order valence-electron chi connectivity index (χ1n) is 8.17. The van der Waals surface area contributed by atoms with Gasteiger partial charge in [-0.1, -0.05) is 24.8 Å². The van der Waals surface area contributed by atoms with Crippen LogP contribution in [0, 0.1) is 5.92 Å². The van der Waals surface area contributed by atoms with Crippen LogP contribution in [0.1, 0.15) is 19.8 Å². The second-order valence-electron chi connectivity index (χ2n) is 6.03. The molecule has 2 aromatic rings. The van der Waals surface area contributed by atoms with Crippen molar-refractivity contribution in [3.8, 4) is 11.6 Å². The van der Waals surface area contributed by atoms with Crippen molar-refractivity contribution in [2.24, 2.45) is 5.92 Å². The minimum absolute atomic E-state index is 0.166. The largest absolute Gasteiger partial charge is 0.461 e. The highest BCUT2D eigenvalue weighted by molar-refractivity contribution is 7.99. The van der Waals surface area contributed by atoms with E-state index in [0.29, 0.717) is 35.0 Å². The van der Waals surface area contributed by atoms with E-state index in [9.17, 15) is 4.79 Å². The van der Waals surface area contributed by atoms with E-state index in [1.807, 2.05) is 21.6 Å². The number of thioether (sulfide) groups is 1. The number of hydrogen-bond donors (Lipinski definition) is 0. The summed E-state index contributed by atoms with van der Waals surface area (Å²) in [6.07, 6.45) is 5.57. The average molecular weight is 346 g/mol. The minimum Gasteiger partial charge on any atom is -0.461 e. The first-order valence-corrected chi connectivity index (χ1v) is 9.16. The van der Waals surface area contributed by atoms with Crippen LogP contribution in [0.5, 0.6) is 0 Å². The molecule has 3 heterocycles. The number of amides is 1. The summed E-state index contributed by atoms with van der Waals surface area (Å²) in [6.45, 7) is 8.31. The molecular weight excluding hydrogens is 324 g/mol. The molecule has 6 nitrogen and oxygen atoms in total. The fourth-order valence-electron chi connectivity index (χ4n) is 2.75. The molecule has 0 bridgehead atoms. The molecule has 24 heavy (non-hydrogen) atoms. The summed E-state index contributed by atoms with van der Waals surface area (Å²) in [4.78, 5) is 14.3. The Morgan fingerprint density at radius 1 is 1.46 bits per heavy atom. The zero-order valence-corrected chi connectivity index (χ0v) is 14.7. The highest BCUT2D eigenvalue weighted by Crippen LogP contribution is 2.25. The summed E-state index contributed by atoms with van der Waals surface area (Å²) < 4.78 is 7.33. The second kappa shape index (κ2) is 7.70. The molecule has 2 aromatic heterocycles. The Kier molecular flexibility index (Phi) is 5.40. The average Bonchev–Trinajstić information content (AvgIpc) is 3.23. The third-order valence-corrected chi connectivity index (χ3v) is 5.18. The Hall–Kier alpha value is -2.02. The fraction of sp³-hybridized carbons (Fsp3) is 0.471. The van der Waals surface area contributed by atoms with Gasteiger partial charge >= 0.3 is 0 Å². The third kappa shape index (κ3) is 3.72. The molecular formula is C17H22N4O2S. The quantitative estimate of drug-likeness (QED) is 0.594. The van der Waals surface area contributed by atoms with Crippen molar-refractivity contribution in [1.82, 2.24) is 19.7 Å². The highest BCUT2D eigenvalue weighted by Gasteiger charge is 2.22. The zero-order valence-electron chi connectivity index (χ0n) is 13.9. The topological polar surface area (TPSA) is 64.2 Å². The van der Waals surface area contributed by atoms with Gasteiger partial charge in [-0.2, -0.15) is 0 Å². The monoisotopic (exact) mass is 346 g/mol. The predicted molar refractivity (Wildman–Crippen MR) is 93.6 cm³/mol. The Morgan fingerprint density at radius 2 is 2.25 bits per heavy atom. The zero-order chi connectivity index (χ0) is 16.9. The fourth-order valence-corrected chi connectivity index (χ4v) is 3.60. The van der Waals surface area contributed by atoms with Gasteiger partial charge in [-0.25, -0.2) is 0 Å². The van der Waals surface area contributed by atoms with Gasteiger partial charge in [-0.3, -0.25) is 9.36 Å². The van der Waals surface area contributed by atoms with Crippen molar-refractivity contribution in [3.63, 3.8) is 0 Å². The van der Waals surface area contributed by atoms with Crippen LogP contribution in [0.4, 0.5) is 0 Å². The van der Waals surface area contributed by atoms with E-state index < -0.39 is 0 Å². The molecule has 0 radical (unpaired) electrons. The molecule has 7 heteroatoms. The van der Waals surface area contributed by atoms with Crippen molar-refractivity contribution in [1.29, 1.82) is 0 Å². The van der Waals surface area contributed by atoms with Gasteiger partial charge in [-0.05, 0) is 30.9 Å². The first kappa shape index (κ1) is 16.8. The first-order chi connectivity index (χ1) is 11.7. The van der Waals surface area contributed by atoms with Crippen molar-refractivity contribution in [2.45, 2.75) is 31.5 Å². The summed E-state index contributed by atoms with van der Waals surface area (Å²) in [5, 5.41) is 9.13. The van der Waals surface area contributed by atoms with Crippen LogP contribution in [-0.2, 0) is 11.3 Å². The van der Waals surface area contributed by atoms with Crippen LogP contribution >= 0.6 is 11.8 Å². The van der Waals surface area contributed by atoms with Crippen LogP contribution in [-0.4, -0.2) is 44.4 Å². The van der Waals surface area contributed by atoms with Crippen LogP contribution in [0.25, 0.3) is 11.6 Å². The van der Waals surface area contributed by atoms with Crippen molar-refractivity contribution < 1.29 is 9.21 Å². The molecule has 0 spiro atoms. The highest BCUT2D eigenvalue weighted by atomic mass is 32.2. The Morgan fingerprint density at radius 3 is 2.92 bits per heavy atom. The van der Waals surface area contributed by atoms with Gasteiger partial charge in [0.25, 0.3) is 0 Å². The van der Waals surface area contributed by atoms with Gasteiger partial charge in [0.05, 0.1) is 12.0 Å². The lowest BCUT2D eigenvalue weighted by Gasteiger charge is -2.30. The smallest absolute Gasteiger partial charge is 0.233 e. The normalized spacial score (nSPS) is 15.6. The maximum absolute atomic E-state index is 12.4. The summed E-state index contributed by atoms with van der Waals surface area (Å²) in [5.41, 5.74) is 0. The second-order valence-corrected chi connectivity index (χ2v) is 6.98. The van der Waals surface area contributed by atoms with E-state index >= 15 is 0 Å². The maximum Gasteiger partial charge on any atom is 0.233 e. The Labute approximate surface area is 145 Å². The van der Waals surface area contributed by atoms with Gasteiger partial charge in [-0.15, -0.1) is 16.8 Å². The summed E-state index contributed by atoms with van der Waals surface area (Å²) in [7, 11) is 0. The molecule has 1 amide bonds. The molecule has 0 aromatic carbocycles. The van der Waals surface area contributed by atoms with Crippen LogP contribution < -0.4 is 0 Å². The summed E-state index contributed by atoms with van der Waals surface area (Å²) in [6, 6.07) is 3.66. The van der Waals surface area contributed by atoms with Gasteiger partial charge in [0, 0.05) is 19.6 Å². The minimum atomic E-state index is 0.166. The number of nitrogens with zero attached hydrogens (tertiary/aromatic N) is 4. The van der Waals surface area contributed by atoms with E-state index in [2.05, 4.69) is 23.7 Å². The van der Waals surface area contributed by atoms with Crippen LogP contribution in [0.3, 0.4) is 0 Å². The van der Waals surface area contributed by atoms with Gasteiger partial charge in [0.1, 0.15) is 0 Å². The maximum atomic E-state index is 12.4. The summed E-state index contributed by atoms with van der Waals surface area (Å²) >= 11 is 1.42. The van der Waals surface area contributed by atoms with E-state index in [1.54, 1.807) is 12.3 Å². The Bertz CT molecular complexity index is 688. The number of likely N-dealkylation sites (tertiary alicyclic amines) is 1. The molecule has 0 N–H and O–H groups in total. The molecule has 3 rings (SSSR count). The van der Waals surface area contributed by atoms with E-state index in [0.717, 1.165) is 25.9 Å². The molecule has 0 atom stereocenters. The number of furan rings is 1. The van der Waals surface area contributed by atoms with Crippen molar-refractivity contribution in [3.05, 3.63) is 31.1 Å². The van der Waals surface area contributed by atoms with E-state index in [-0.39, 0.29) is 5.91 Å².